The minimum Gasteiger partial charge on any atom is -0.397 e. The molecule has 3 N–H and O–H groups in total. The summed E-state index contributed by atoms with van der Waals surface area (Å²) in [6, 6.07) is 5.47. The number of nitrogens with two attached hydrogens (primary N) is 1. The minimum absolute atomic E-state index is 0.0485. The topological polar surface area (TPSA) is 68.0 Å². The quantitative estimate of drug-likeness (QED) is 0.906. The number of amides is 1. The van der Waals surface area contributed by atoms with E-state index in [2.05, 4.69) is 26.2 Å². The van der Waals surface area contributed by atoms with Crippen molar-refractivity contribution in [1.29, 1.82) is 0 Å². The second kappa shape index (κ2) is 5.97. The van der Waals surface area contributed by atoms with Gasteiger partial charge in [-0.2, -0.15) is 0 Å². The summed E-state index contributed by atoms with van der Waals surface area (Å²) < 4.78 is 1.03. The Morgan fingerprint density at radius 3 is 2.89 bits per heavy atom. The van der Waals surface area contributed by atoms with Crippen LogP contribution in [-0.2, 0) is 17.8 Å². The van der Waals surface area contributed by atoms with Gasteiger partial charge in [-0.05, 0) is 39.5 Å². The van der Waals surface area contributed by atoms with E-state index in [1.165, 1.54) is 0 Å². The molecule has 2 aromatic rings. The number of nitrogens with zero attached hydrogens (tertiary/aromatic N) is 1. The second-order valence-corrected chi connectivity index (χ2v) is 5.58. The Bertz CT molecular complexity index is 539. The van der Waals surface area contributed by atoms with Crippen LogP contribution in [0.3, 0.4) is 0 Å². The number of anilines is 1. The molecular formula is C12H12BrN3OS. The van der Waals surface area contributed by atoms with Crippen LogP contribution in [0.5, 0.6) is 0 Å². The third-order valence-corrected chi connectivity index (χ3v) is 4.25. The van der Waals surface area contributed by atoms with Crippen LogP contribution in [0.4, 0.5) is 5.69 Å². The first kappa shape index (κ1) is 13.0. The molecule has 18 heavy (non-hydrogen) atoms. The third kappa shape index (κ3) is 3.54. The molecule has 1 amide bonds. The SMILES string of the molecule is Nc1ccc(CC(=O)NCc2sccc2Br)nc1. The van der Waals surface area contributed by atoms with Crippen molar-refractivity contribution in [3.05, 3.63) is 44.8 Å². The second-order valence-electron chi connectivity index (χ2n) is 3.73. The number of nitrogen functional groups attached to an aromatic ring is 1. The van der Waals surface area contributed by atoms with Crippen LogP contribution in [-0.4, -0.2) is 10.9 Å². The molecule has 2 rings (SSSR count). The van der Waals surface area contributed by atoms with Gasteiger partial charge in [0, 0.05) is 15.0 Å². The van der Waals surface area contributed by atoms with Gasteiger partial charge in [0.15, 0.2) is 0 Å². The number of halogens is 1. The first-order chi connectivity index (χ1) is 8.65. The van der Waals surface area contributed by atoms with Crippen molar-refractivity contribution in [2.75, 3.05) is 5.73 Å². The lowest BCUT2D eigenvalue weighted by Crippen LogP contribution is -2.24. The molecule has 0 unspecified atom stereocenters. The van der Waals surface area contributed by atoms with Gasteiger partial charge in [-0.15, -0.1) is 11.3 Å². The molecule has 0 fully saturated rings. The molecular weight excluding hydrogens is 314 g/mol. The zero-order valence-corrected chi connectivity index (χ0v) is 11.9. The van der Waals surface area contributed by atoms with Gasteiger partial charge in [-0.25, -0.2) is 0 Å². The summed E-state index contributed by atoms with van der Waals surface area (Å²) in [6.45, 7) is 0.534. The summed E-state index contributed by atoms with van der Waals surface area (Å²) in [5.74, 6) is -0.0485. The maximum Gasteiger partial charge on any atom is 0.226 e. The van der Waals surface area contributed by atoms with Crippen molar-refractivity contribution in [3.8, 4) is 0 Å². The first-order valence-corrected chi connectivity index (χ1v) is 7.01. The Morgan fingerprint density at radius 2 is 2.28 bits per heavy atom. The summed E-state index contributed by atoms with van der Waals surface area (Å²) in [7, 11) is 0. The number of carbonyl (C=O) groups is 1. The van der Waals surface area contributed by atoms with Gasteiger partial charge in [0.05, 0.1) is 24.8 Å². The fourth-order valence-electron chi connectivity index (χ4n) is 1.40. The number of carbonyl (C=O) groups excluding carboxylic acids is 1. The van der Waals surface area contributed by atoms with Crippen LogP contribution >= 0.6 is 27.3 Å². The molecule has 0 aliphatic rings. The van der Waals surface area contributed by atoms with Crippen molar-refractivity contribution in [2.24, 2.45) is 0 Å². The molecule has 0 saturated carbocycles. The van der Waals surface area contributed by atoms with Gasteiger partial charge < -0.3 is 11.1 Å². The number of hydrogen-bond donors (Lipinski definition) is 2. The number of pyridine rings is 1. The van der Waals surface area contributed by atoms with E-state index in [0.717, 1.165) is 9.35 Å². The predicted octanol–water partition coefficient (Wildman–Crippen LogP) is 2.35. The van der Waals surface area contributed by atoms with E-state index in [4.69, 9.17) is 5.73 Å². The van der Waals surface area contributed by atoms with Crippen molar-refractivity contribution in [3.63, 3.8) is 0 Å². The number of thiophene rings is 1. The van der Waals surface area contributed by atoms with Gasteiger partial charge in [0.25, 0.3) is 0 Å². The lowest BCUT2D eigenvalue weighted by Gasteiger charge is -2.04. The summed E-state index contributed by atoms with van der Waals surface area (Å²) in [4.78, 5) is 16.9. The number of nitrogens with one attached hydrogen (secondary N) is 1. The Hall–Kier alpha value is -1.40. The van der Waals surface area contributed by atoms with Gasteiger partial charge in [-0.1, -0.05) is 0 Å². The molecule has 2 heterocycles. The monoisotopic (exact) mass is 325 g/mol. The van der Waals surface area contributed by atoms with E-state index in [1.807, 2.05) is 11.4 Å². The molecule has 0 spiro atoms. The highest BCUT2D eigenvalue weighted by Crippen LogP contribution is 2.22. The maximum absolute atomic E-state index is 11.7. The van der Waals surface area contributed by atoms with E-state index >= 15 is 0 Å². The standard InChI is InChI=1S/C12H12BrN3OS/c13-10-3-4-18-11(10)7-16-12(17)5-9-2-1-8(14)6-15-9/h1-4,6H,5,7,14H2,(H,16,17). The molecule has 0 bridgehead atoms. The summed E-state index contributed by atoms with van der Waals surface area (Å²) in [6.07, 6.45) is 1.82. The van der Waals surface area contributed by atoms with E-state index in [9.17, 15) is 4.79 Å². The maximum atomic E-state index is 11.7. The molecule has 4 nitrogen and oxygen atoms in total. The first-order valence-electron chi connectivity index (χ1n) is 5.34. The van der Waals surface area contributed by atoms with Crippen LogP contribution in [0.1, 0.15) is 10.6 Å². The average Bonchev–Trinajstić information content (AvgIpc) is 2.75. The van der Waals surface area contributed by atoms with Crippen LogP contribution in [0.25, 0.3) is 0 Å². The fourth-order valence-corrected chi connectivity index (χ4v) is 2.83. The predicted molar refractivity (Wildman–Crippen MR) is 76.2 cm³/mol. The summed E-state index contributed by atoms with van der Waals surface area (Å²) in [5, 5.41) is 4.84. The lowest BCUT2D eigenvalue weighted by molar-refractivity contribution is -0.120. The molecule has 0 saturated heterocycles. The molecule has 0 atom stereocenters. The van der Waals surface area contributed by atoms with Crippen LogP contribution in [0, 0.1) is 0 Å². The van der Waals surface area contributed by atoms with E-state index < -0.39 is 0 Å². The molecule has 0 aliphatic carbocycles. The fraction of sp³-hybridized carbons (Fsp3) is 0.167. The van der Waals surface area contributed by atoms with Gasteiger partial charge in [0.1, 0.15) is 0 Å². The third-order valence-electron chi connectivity index (χ3n) is 2.33. The normalized spacial score (nSPS) is 10.3. The smallest absolute Gasteiger partial charge is 0.226 e. The molecule has 0 radical (unpaired) electrons. The van der Waals surface area contributed by atoms with Crippen molar-refractivity contribution >= 4 is 38.9 Å². The van der Waals surface area contributed by atoms with Gasteiger partial charge >= 0.3 is 0 Å². The Morgan fingerprint density at radius 1 is 1.44 bits per heavy atom. The molecule has 94 valence electrons. The average molecular weight is 326 g/mol. The minimum atomic E-state index is -0.0485. The molecule has 6 heteroatoms. The van der Waals surface area contributed by atoms with E-state index in [0.29, 0.717) is 17.9 Å². The van der Waals surface area contributed by atoms with Crippen molar-refractivity contribution in [2.45, 2.75) is 13.0 Å². The van der Waals surface area contributed by atoms with Gasteiger partial charge in [0.2, 0.25) is 5.91 Å². The molecule has 0 aromatic carbocycles. The lowest BCUT2D eigenvalue weighted by atomic mass is 10.2. The van der Waals surface area contributed by atoms with Crippen molar-refractivity contribution in [1.82, 2.24) is 10.3 Å². The molecule has 0 aliphatic heterocycles. The highest BCUT2D eigenvalue weighted by Gasteiger charge is 2.06. The number of aromatic nitrogens is 1. The highest BCUT2D eigenvalue weighted by molar-refractivity contribution is 9.10. The van der Waals surface area contributed by atoms with Gasteiger partial charge in [-0.3, -0.25) is 9.78 Å². The van der Waals surface area contributed by atoms with E-state index in [-0.39, 0.29) is 12.3 Å². The molecule has 2 aromatic heterocycles. The Balaban J connectivity index is 1.86. The van der Waals surface area contributed by atoms with Crippen LogP contribution in [0.2, 0.25) is 0 Å². The number of hydrogen-bond acceptors (Lipinski definition) is 4. The Kier molecular flexibility index (Phi) is 4.33. The van der Waals surface area contributed by atoms with Crippen molar-refractivity contribution < 1.29 is 4.79 Å². The zero-order valence-electron chi connectivity index (χ0n) is 9.52. The number of rotatable bonds is 4. The zero-order chi connectivity index (χ0) is 13.0. The summed E-state index contributed by atoms with van der Waals surface area (Å²) in [5.41, 5.74) is 6.84. The summed E-state index contributed by atoms with van der Waals surface area (Å²) >= 11 is 5.03. The van der Waals surface area contributed by atoms with Crippen LogP contribution < -0.4 is 11.1 Å². The van der Waals surface area contributed by atoms with E-state index in [1.54, 1.807) is 29.7 Å². The van der Waals surface area contributed by atoms with Crippen LogP contribution in [0.15, 0.2) is 34.2 Å². The highest BCUT2D eigenvalue weighted by atomic mass is 79.9. The largest absolute Gasteiger partial charge is 0.397 e. The Labute approximate surface area is 117 Å².